The Balaban J connectivity index is 1.96. The number of phenols is 1. The quantitative estimate of drug-likeness (QED) is 0.388. The van der Waals surface area contributed by atoms with Gasteiger partial charge in [0.05, 0.1) is 13.0 Å². The van der Waals surface area contributed by atoms with Crippen LogP contribution in [0, 0.1) is 13.8 Å². The first-order valence-corrected chi connectivity index (χ1v) is 11.9. The minimum atomic E-state index is -0.840. The van der Waals surface area contributed by atoms with Crippen molar-refractivity contribution in [2.75, 3.05) is 19.1 Å². The number of aromatic hydroxyl groups is 2. The summed E-state index contributed by atoms with van der Waals surface area (Å²) in [5.74, 6) is 0.0161. The van der Waals surface area contributed by atoms with Crippen LogP contribution in [0.1, 0.15) is 53.6 Å². The number of ether oxygens (including phenoxy) is 1. The predicted molar refractivity (Wildman–Crippen MR) is 125 cm³/mol. The van der Waals surface area contributed by atoms with E-state index in [4.69, 9.17) is 13.7 Å². The number of nitrogens with one attached hydrogen (secondary N) is 1. The molecule has 34 heavy (non-hydrogen) atoms. The van der Waals surface area contributed by atoms with Gasteiger partial charge in [-0.15, -0.1) is 0 Å². The molecule has 0 saturated heterocycles. The number of methoxy groups -OCH3 is 1. The zero-order chi connectivity index (χ0) is 24.8. The second kappa shape index (κ2) is 11.1. The third kappa shape index (κ3) is 5.90. The molecule has 10 nitrogen and oxygen atoms in total. The maximum Gasteiger partial charge on any atom is 0.249 e. The summed E-state index contributed by atoms with van der Waals surface area (Å²) in [5, 5.41) is 27.2. The molecule has 182 valence electrons. The molecular weight excluding hydrogens is 462 g/mol. The molecular formula is C23H27N3O7S. The molecule has 1 amide bonds. The molecule has 11 heteroatoms. The van der Waals surface area contributed by atoms with Gasteiger partial charge < -0.3 is 29.2 Å². The smallest absolute Gasteiger partial charge is 0.249 e. The summed E-state index contributed by atoms with van der Waals surface area (Å²) in [7, 11) is 1.40. The Labute approximate surface area is 200 Å². The van der Waals surface area contributed by atoms with Crippen molar-refractivity contribution in [2.45, 2.75) is 38.6 Å². The molecule has 0 bridgehead atoms. The number of benzene rings is 1. The van der Waals surface area contributed by atoms with Gasteiger partial charge in [0.15, 0.2) is 23.1 Å². The number of aryl methyl sites for hydroxylation is 2. The molecule has 0 radical (unpaired) electrons. The highest BCUT2D eigenvalue weighted by atomic mass is 32.2. The van der Waals surface area contributed by atoms with Crippen LogP contribution < -0.4 is 15.5 Å². The van der Waals surface area contributed by atoms with Crippen LogP contribution in [0.25, 0.3) is 0 Å². The standard InChI is InChI=1S/C23H27N3O7S/c1-12-9-18(28)21(30)22(32-12)15(14-5-6-17(27)19(10-14)31-3)11-20(29)25-16(7-8-34-4)23-24-13(2)26-33-23/h5-6,9-10,15-16,27,30H,7-8,11H2,1-4H3,(H,25,29)/t15-,16+/m0/s1. The van der Waals surface area contributed by atoms with Crippen LogP contribution in [0.3, 0.4) is 0 Å². The SMILES string of the molecule is COc1cc([C@H](CC(=O)N[C@H](CCSC)c2nc(C)no2)c2oc(C)cc(=O)c2O)ccc1O. The number of aromatic nitrogens is 2. The third-order valence-corrected chi connectivity index (χ3v) is 5.82. The van der Waals surface area contributed by atoms with Crippen molar-refractivity contribution in [1.82, 2.24) is 15.5 Å². The van der Waals surface area contributed by atoms with Crippen molar-refractivity contribution in [2.24, 2.45) is 0 Å². The van der Waals surface area contributed by atoms with Crippen molar-refractivity contribution in [3.8, 4) is 17.2 Å². The molecule has 2 atom stereocenters. The molecule has 1 aromatic carbocycles. The molecule has 0 spiro atoms. The minimum Gasteiger partial charge on any atom is -0.504 e. The number of nitrogens with zero attached hydrogens (tertiary/aromatic N) is 2. The number of carbonyl (C=O) groups excluding carboxylic acids is 1. The summed E-state index contributed by atoms with van der Waals surface area (Å²) in [4.78, 5) is 29.6. The normalized spacial score (nSPS) is 12.8. The van der Waals surface area contributed by atoms with Gasteiger partial charge in [-0.1, -0.05) is 11.2 Å². The molecule has 0 aliphatic rings. The maximum absolute atomic E-state index is 13.2. The molecule has 0 fully saturated rings. The summed E-state index contributed by atoms with van der Waals surface area (Å²) in [5.41, 5.74) is -0.114. The van der Waals surface area contributed by atoms with Gasteiger partial charge in [0.2, 0.25) is 23.0 Å². The van der Waals surface area contributed by atoms with Crippen LogP contribution in [-0.2, 0) is 4.79 Å². The summed E-state index contributed by atoms with van der Waals surface area (Å²) >= 11 is 1.62. The molecule has 3 N–H and O–H groups in total. The number of hydrogen-bond donors (Lipinski definition) is 3. The fourth-order valence-corrected chi connectivity index (χ4v) is 3.99. The predicted octanol–water partition coefficient (Wildman–Crippen LogP) is 3.19. The highest BCUT2D eigenvalue weighted by molar-refractivity contribution is 7.98. The molecule has 0 aliphatic carbocycles. The molecule has 0 saturated carbocycles. The fourth-order valence-electron chi connectivity index (χ4n) is 3.52. The Bertz CT molecular complexity index is 1210. The highest BCUT2D eigenvalue weighted by Gasteiger charge is 2.28. The van der Waals surface area contributed by atoms with Crippen LogP contribution in [0.2, 0.25) is 0 Å². The van der Waals surface area contributed by atoms with Crippen LogP contribution in [0.4, 0.5) is 0 Å². The lowest BCUT2D eigenvalue weighted by Crippen LogP contribution is -2.30. The van der Waals surface area contributed by atoms with Crippen LogP contribution in [0.5, 0.6) is 17.2 Å². The molecule has 2 aromatic heterocycles. The van der Waals surface area contributed by atoms with Crippen LogP contribution in [0.15, 0.2) is 38.0 Å². The maximum atomic E-state index is 13.2. The Morgan fingerprint density at radius 3 is 2.68 bits per heavy atom. The van der Waals surface area contributed by atoms with E-state index in [1.54, 1.807) is 31.7 Å². The van der Waals surface area contributed by atoms with Crippen molar-refractivity contribution in [3.63, 3.8) is 0 Å². The van der Waals surface area contributed by atoms with E-state index in [1.165, 1.54) is 25.3 Å². The van der Waals surface area contributed by atoms with Crippen molar-refractivity contribution in [1.29, 1.82) is 0 Å². The van der Waals surface area contributed by atoms with Gasteiger partial charge in [-0.3, -0.25) is 9.59 Å². The van der Waals surface area contributed by atoms with Gasteiger partial charge in [0, 0.05) is 12.5 Å². The first kappa shape index (κ1) is 25.2. The van der Waals surface area contributed by atoms with Crippen molar-refractivity contribution >= 4 is 17.7 Å². The molecule has 0 aliphatic heterocycles. The summed E-state index contributed by atoms with van der Waals surface area (Å²) in [6, 6.07) is 5.18. The van der Waals surface area contributed by atoms with Gasteiger partial charge in [-0.25, -0.2) is 0 Å². The third-order valence-electron chi connectivity index (χ3n) is 5.17. The van der Waals surface area contributed by atoms with E-state index < -0.39 is 23.1 Å². The number of thioether (sulfide) groups is 1. The van der Waals surface area contributed by atoms with E-state index in [-0.39, 0.29) is 35.3 Å². The molecule has 3 aromatic rings. The number of carbonyl (C=O) groups is 1. The van der Waals surface area contributed by atoms with E-state index in [0.717, 1.165) is 5.75 Å². The average Bonchev–Trinajstić information content (AvgIpc) is 3.24. The number of hydrogen-bond acceptors (Lipinski definition) is 10. The summed E-state index contributed by atoms with van der Waals surface area (Å²) < 4.78 is 16.1. The Morgan fingerprint density at radius 1 is 1.26 bits per heavy atom. The number of rotatable bonds is 10. The van der Waals surface area contributed by atoms with Gasteiger partial charge in [-0.2, -0.15) is 16.7 Å². The van der Waals surface area contributed by atoms with Crippen molar-refractivity contribution in [3.05, 3.63) is 63.3 Å². The monoisotopic (exact) mass is 489 g/mol. The second-order valence-electron chi connectivity index (χ2n) is 7.70. The molecule has 2 heterocycles. The van der Waals surface area contributed by atoms with Crippen molar-refractivity contribution < 1.29 is 28.7 Å². The summed E-state index contributed by atoms with van der Waals surface area (Å²) in [6.07, 6.45) is 2.35. The molecule has 0 unspecified atom stereocenters. The first-order chi connectivity index (χ1) is 16.2. The van der Waals surface area contributed by atoms with Crippen LogP contribution >= 0.6 is 11.8 Å². The minimum absolute atomic E-state index is 0.0535. The first-order valence-electron chi connectivity index (χ1n) is 10.5. The lowest BCUT2D eigenvalue weighted by molar-refractivity contribution is -0.122. The zero-order valence-electron chi connectivity index (χ0n) is 19.3. The van der Waals surface area contributed by atoms with Gasteiger partial charge in [0.25, 0.3) is 0 Å². The second-order valence-corrected chi connectivity index (χ2v) is 8.69. The largest absolute Gasteiger partial charge is 0.504 e. The topological polar surface area (TPSA) is 148 Å². The lowest BCUT2D eigenvalue weighted by Gasteiger charge is -2.20. The van der Waals surface area contributed by atoms with E-state index >= 15 is 0 Å². The Kier molecular flexibility index (Phi) is 8.21. The lowest BCUT2D eigenvalue weighted by atomic mass is 9.91. The van der Waals surface area contributed by atoms with Crippen LogP contribution in [-0.4, -0.2) is 45.4 Å². The fraction of sp³-hybridized carbons (Fsp3) is 0.391. The van der Waals surface area contributed by atoms with Gasteiger partial charge in [0.1, 0.15) is 11.8 Å². The van der Waals surface area contributed by atoms with Gasteiger partial charge >= 0.3 is 0 Å². The zero-order valence-corrected chi connectivity index (χ0v) is 20.1. The van der Waals surface area contributed by atoms with E-state index in [0.29, 0.717) is 23.7 Å². The van der Waals surface area contributed by atoms with E-state index in [1.807, 2.05) is 6.26 Å². The summed E-state index contributed by atoms with van der Waals surface area (Å²) in [6.45, 7) is 3.27. The molecule has 3 rings (SSSR count). The highest BCUT2D eigenvalue weighted by Crippen LogP contribution is 2.37. The Hall–Kier alpha value is -3.47. The Morgan fingerprint density at radius 2 is 2.03 bits per heavy atom. The van der Waals surface area contributed by atoms with E-state index in [9.17, 15) is 19.8 Å². The van der Waals surface area contributed by atoms with E-state index in [2.05, 4.69) is 15.5 Å². The number of amides is 1. The number of phenolic OH excluding ortho intramolecular Hbond substituents is 1. The average molecular weight is 490 g/mol. The van der Waals surface area contributed by atoms with Gasteiger partial charge in [-0.05, 0) is 50.0 Å².